The average molecular weight is 446 g/mol. The molecule has 9 heteroatoms. The fourth-order valence-corrected chi connectivity index (χ4v) is 4.58. The molecule has 1 aliphatic rings. The minimum absolute atomic E-state index is 0.252. The number of alkyl halides is 3. The predicted molar refractivity (Wildman–Crippen MR) is 106 cm³/mol. The van der Waals surface area contributed by atoms with Crippen LogP contribution in [0.3, 0.4) is 0 Å². The predicted octanol–water partition coefficient (Wildman–Crippen LogP) is 5.87. The summed E-state index contributed by atoms with van der Waals surface area (Å²) in [6.07, 6.45) is 1.62. The Kier molecular flexibility index (Phi) is 6.85. The first kappa shape index (κ1) is 21.6. The third-order valence-electron chi connectivity index (χ3n) is 4.62. The summed E-state index contributed by atoms with van der Waals surface area (Å²) < 4.78 is 44.3. The maximum Gasteiger partial charge on any atom is 0.418 e. The van der Waals surface area contributed by atoms with Crippen LogP contribution in [0, 0.1) is 0 Å². The molecule has 1 aromatic carbocycles. The van der Waals surface area contributed by atoms with Crippen LogP contribution in [0.4, 0.5) is 18.9 Å². The molecular weight excluding hydrogens is 427 g/mol. The number of amides is 1. The lowest BCUT2D eigenvalue weighted by Gasteiger charge is -2.15. The Bertz CT molecular complexity index is 885. The number of anilines is 1. The lowest BCUT2D eigenvalue weighted by molar-refractivity contribution is -0.137. The minimum atomic E-state index is -4.68. The lowest BCUT2D eigenvalue weighted by Crippen LogP contribution is -2.22. The molecule has 4 nitrogen and oxygen atoms in total. The molecule has 1 heterocycles. The molecule has 2 aromatic rings. The maximum atomic E-state index is 13.1. The standard InChI is InChI=1S/C20H19ClF3NO3S/c21-14-8-5-7-13(20(22,23)24)18(14)25-17(26)11-28-19(27)16-10-12-6-3-1-2-4-9-15(12)29-16/h5,7-8,10H,1-4,6,9,11H2,(H,25,26). The molecule has 1 amide bonds. The van der Waals surface area contributed by atoms with Crippen molar-refractivity contribution in [3.8, 4) is 0 Å². The second-order valence-corrected chi connectivity index (χ2v) is 8.30. The summed E-state index contributed by atoms with van der Waals surface area (Å²) in [4.78, 5) is 25.9. The third-order valence-corrected chi connectivity index (χ3v) is 6.15. The van der Waals surface area contributed by atoms with E-state index in [0.29, 0.717) is 4.88 Å². The number of carbonyl (C=O) groups excluding carboxylic acids is 2. The molecule has 0 spiro atoms. The van der Waals surface area contributed by atoms with Gasteiger partial charge < -0.3 is 10.1 Å². The largest absolute Gasteiger partial charge is 0.451 e. The summed E-state index contributed by atoms with van der Waals surface area (Å²) in [5, 5.41) is 1.84. The van der Waals surface area contributed by atoms with Gasteiger partial charge in [0.05, 0.1) is 16.3 Å². The molecule has 3 rings (SSSR count). The average Bonchev–Trinajstić information content (AvgIpc) is 3.02. The fraction of sp³-hybridized carbons (Fsp3) is 0.400. The number of para-hydroxylation sites is 1. The molecule has 29 heavy (non-hydrogen) atoms. The zero-order chi connectivity index (χ0) is 21.0. The van der Waals surface area contributed by atoms with E-state index in [4.69, 9.17) is 16.3 Å². The summed E-state index contributed by atoms with van der Waals surface area (Å²) in [5.74, 6) is -1.56. The van der Waals surface area contributed by atoms with Crippen LogP contribution in [-0.2, 0) is 28.5 Å². The summed E-state index contributed by atoms with van der Waals surface area (Å²) in [6, 6.07) is 4.99. The van der Waals surface area contributed by atoms with Crippen molar-refractivity contribution in [2.75, 3.05) is 11.9 Å². The number of nitrogens with one attached hydrogen (secondary N) is 1. The van der Waals surface area contributed by atoms with Gasteiger partial charge in [-0.2, -0.15) is 13.2 Å². The Morgan fingerprint density at radius 3 is 2.59 bits per heavy atom. The maximum absolute atomic E-state index is 13.1. The van der Waals surface area contributed by atoms with Gasteiger partial charge in [-0.15, -0.1) is 11.3 Å². The van der Waals surface area contributed by atoms with Crippen molar-refractivity contribution in [2.24, 2.45) is 0 Å². The van der Waals surface area contributed by atoms with Crippen LogP contribution in [0.2, 0.25) is 5.02 Å². The van der Waals surface area contributed by atoms with E-state index < -0.39 is 35.9 Å². The Morgan fingerprint density at radius 1 is 1.14 bits per heavy atom. The first-order valence-electron chi connectivity index (χ1n) is 9.20. The third kappa shape index (κ3) is 5.51. The van der Waals surface area contributed by atoms with E-state index in [9.17, 15) is 22.8 Å². The molecule has 0 saturated heterocycles. The van der Waals surface area contributed by atoms with E-state index in [2.05, 4.69) is 5.32 Å². The lowest BCUT2D eigenvalue weighted by atomic mass is 10.00. The Hall–Kier alpha value is -2.06. The quantitative estimate of drug-likeness (QED) is 0.598. The van der Waals surface area contributed by atoms with Gasteiger partial charge in [0.2, 0.25) is 0 Å². The number of hydrogen-bond donors (Lipinski definition) is 1. The second-order valence-electron chi connectivity index (χ2n) is 6.76. The van der Waals surface area contributed by atoms with E-state index in [0.717, 1.165) is 54.7 Å². The van der Waals surface area contributed by atoms with Gasteiger partial charge in [0.15, 0.2) is 6.61 Å². The molecule has 0 unspecified atom stereocenters. The number of esters is 1. The van der Waals surface area contributed by atoms with Crippen molar-refractivity contribution in [3.63, 3.8) is 0 Å². The van der Waals surface area contributed by atoms with Gasteiger partial charge in [-0.3, -0.25) is 4.79 Å². The molecule has 0 atom stereocenters. The SMILES string of the molecule is O=C(COC(=O)c1cc2c(s1)CCCCCC2)Nc1c(Cl)cccc1C(F)(F)F. The van der Waals surface area contributed by atoms with Crippen LogP contribution >= 0.6 is 22.9 Å². The number of aryl methyl sites for hydroxylation is 2. The summed E-state index contributed by atoms with van der Waals surface area (Å²) in [6.45, 7) is -0.704. The van der Waals surface area contributed by atoms with E-state index in [-0.39, 0.29) is 5.02 Å². The first-order chi connectivity index (χ1) is 13.8. The number of halogens is 4. The van der Waals surface area contributed by atoms with Gasteiger partial charge in [0, 0.05) is 4.88 Å². The summed E-state index contributed by atoms with van der Waals surface area (Å²) in [7, 11) is 0. The number of hydrogen-bond acceptors (Lipinski definition) is 4. The van der Waals surface area contributed by atoms with Crippen molar-refractivity contribution < 1.29 is 27.5 Å². The number of benzene rings is 1. The van der Waals surface area contributed by atoms with Gasteiger partial charge >= 0.3 is 12.1 Å². The highest BCUT2D eigenvalue weighted by molar-refractivity contribution is 7.14. The molecule has 0 bridgehead atoms. The van der Waals surface area contributed by atoms with Gasteiger partial charge in [-0.1, -0.05) is 30.5 Å². The van der Waals surface area contributed by atoms with Crippen molar-refractivity contribution in [3.05, 3.63) is 50.2 Å². The number of ether oxygens (including phenoxy) is 1. The molecule has 1 aliphatic carbocycles. The highest BCUT2D eigenvalue weighted by Crippen LogP contribution is 2.38. The first-order valence-corrected chi connectivity index (χ1v) is 10.4. The minimum Gasteiger partial charge on any atom is -0.451 e. The van der Waals surface area contributed by atoms with E-state index in [1.807, 2.05) is 0 Å². The Balaban J connectivity index is 1.63. The van der Waals surface area contributed by atoms with E-state index in [1.165, 1.54) is 23.8 Å². The van der Waals surface area contributed by atoms with Crippen molar-refractivity contribution in [1.29, 1.82) is 0 Å². The molecule has 0 aliphatic heterocycles. The number of rotatable bonds is 4. The number of fused-ring (bicyclic) bond motifs is 1. The van der Waals surface area contributed by atoms with Crippen LogP contribution in [0.25, 0.3) is 0 Å². The molecule has 1 N–H and O–H groups in total. The van der Waals surface area contributed by atoms with Crippen LogP contribution in [0.15, 0.2) is 24.3 Å². The normalized spacial score (nSPS) is 14.5. The highest BCUT2D eigenvalue weighted by Gasteiger charge is 2.34. The fourth-order valence-electron chi connectivity index (χ4n) is 3.21. The van der Waals surface area contributed by atoms with Crippen molar-refractivity contribution in [2.45, 2.75) is 44.7 Å². The van der Waals surface area contributed by atoms with E-state index >= 15 is 0 Å². The number of carbonyl (C=O) groups is 2. The van der Waals surface area contributed by atoms with Crippen LogP contribution < -0.4 is 5.32 Å². The molecule has 0 fully saturated rings. The Labute approximate surface area is 175 Å². The smallest absolute Gasteiger partial charge is 0.418 e. The Morgan fingerprint density at radius 2 is 1.86 bits per heavy atom. The van der Waals surface area contributed by atoms with Crippen LogP contribution in [-0.4, -0.2) is 18.5 Å². The van der Waals surface area contributed by atoms with E-state index in [1.54, 1.807) is 6.07 Å². The molecule has 0 saturated carbocycles. The van der Waals surface area contributed by atoms with Gasteiger partial charge in [-0.05, 0) is 49.4 Å². The second kappa shape index (κ2) is 9.17. The molecular formula is C20H19ClF3NO3S. The number of thiophene rings is 1. The monoisotopic (exact) mass is 445 g/mol. The summed E-state index contributed by atoms with van der Waals surface area (Å²) >= 11 is 7.16. The highest BCUT2D eigenvalue weighted by atomic mass is 35.5. The topological polar surface area (TPSA) is 55.4 Å². The zero-order valence-corrected chi connectivity index (χ0v) is 17.0. The molecule has 1 aromatic heterocycles. The molecule has 0 radical (unpaired) electrons. The van der Waals surface area contributed by atoms with Gasteiger partial charge in [0.1, 0.15) is 4.88 Å². The van der Waals surface area contributed by atoms with Crippen molar-refractivity contribution >= 4 is 40.5 Å². The summed E-state index contributed by atoms with van der Waals surface area (Å²) in [5.41, 5.74) is -0.485. The van der Waals surface area contributed by atoms with Gasteiger partial charge in [0.25, 0.3) is 5.91 Å². The van der Waals surface area contributed by atoms with Crippen molar-refractivity contribution in [1.82, 2.24) is 0 Å². The molecule has 156 valence electrons. The van der Waals surface area contributed by atoms with Crippen LogP contribution in [0.5, 0.6) is 0 Å². The van der Waals surface area contributed by atoms with Crippen LogP contribution in [0.1, 0.15) is 51.4 Å². The van der Waals surface area contributed by atoms with Gasteiger partial charge in [-0.25, -0.2) is 4.79 Å². The zero-order valence-electron chi connectivity index (χ0n) is 15.4.